The number of hydrogen-bond donors (Lipinski definition) is 2. The van der Waals surface area contributed by atoms with Crippen LogP contribution in [0.25, 0.3) is 0 Å². The van der Waals surface area contributed by atoms with Crippen molar-refractivity contribution in [1.29, 1.82) is 0 Å². The van der Waals surface area contributed by atoms with E-state index in [4.69, 9.17) is 10.2 Å². The van der Waals surface area contributed by atoms with Crippen LogP contribution in [0.5, 0.6) is 0 Å². The van der Waals surface area contributed by atoms with E-state index in [1.807, 2.05) is 0 Å². The van der Waals surface area contributed by atoms with Crippen LogP contribution in [0.1, 0.15) is 26.7 Å². The predicted molar refractivity (Wildman–Crippen MR) is 51.2 cm³/mol. The number of hydrogen-bond acceptors (Lipinski definition) is 3. The number of rotatable bonds is 6. The summed E-state index contributed by atoms with van der Waals surface area (Å²) in [6.07, 6.45) is 0.0304. The lowest BCUT2D eigenvalue weighted by Crippen LogP contribution is -2.43. The van der Waals surface area contributed by atoms with E-state index in [0.29, 0.717) is 6.54 Å². The first kappa shape index (κ1) is 12.9. The first-order valence-electron chi connectivity index (χ1n) is 4.40. The summed E-state index contributed by atoms with van der Waals surface area (Å²) in [5.41, 5.74) is -0.513. The molecule has 0 spiro atoms. The van der Waals surface area contributed by atoms with Crippen molar-refractivity contribution < 1.29 is 19.8 Å². The van der Waals surface area contributed by atoms with Crippen molar-refractivity contribution in [1.82, 2.24) is 4.90 Å². The minimum Gasteiger partial charge on any atom is -0.481 e. The molecule has 5 nitrogen and oxygen atoms in total. The highest BCUT2D eigenvalue weighted by molar-refractivity contribution is 5.68. The van der Waals surface area contributed by atoms with Crippen LogP contribution in [0, 0.1) is 0 Å². The molecule has 82 valence electrons. The molecule has 0 aliphatic carbocycles. The molecular formula is C9H17NO4. The molecule has 0 bridgehead atoms. The van der Waals surface area contributed by atoms with Gasteiger partial charge in [-0.25, -0.2) is 0 Å². The maximum atomic E-state index is 10.5. The van der Waals surface area contributed by atoms with Crippen molar-refractivity contribution in [3.8, 4) is 0 Å². The van der Waals surface area contributed by atoms with Crippen molar-refractivity contribution in [3.05, 3.63) is 0 Å². The Balaban J connectivity index is 4.13. The second-order valence-electron chi connectivity index (χ2n) is 3.95. The van der Waals surface area contributed by atoms with E-state index in [0.717, 1.165) is 0 Å². The first-order chi connectivity index (χ1) is 6.25. The summed E-state index contributed by atoms with van der Waals surface area (Å²) in [6.45, 7) is 3.92. The standard InChI is InChI=1S/C9H17NO4/c1-9(2,6-8(13)14)10(3)5-4-7(11)12/h4-6H2,1-3H3,(H,11,12)(H,13,14). The van der Waals surface area contributed by atoms with Gasteiger partial charge in [0.05, 0.1) is 12.8 Å². The number of carboxylic acids is 2. The zero-order valence-corrected chi connectivity index (χ0v) is 8.78. The molecule has 0 aromatic rings. The number of nitrogens with zero attached hydrogens (tertiary/aromatic N) is 1. The van der Waals surface area contributed by atoms with Gasteiger partial charge in [-0.3, -0.25) is 9.59 Å². The fraction of sp³-hybridized carbons (Fsp3) is 0.778. The Morgan fingerprint density at radius 2 is 1.71 bits per heavy atom. The summed E-state index contributed by atoms with van der Waals surface area (Å²) in [7, 11) is 1.73. The molecule has 0 radical (unpaired) electrons. The van der Waals surface area contributed by atoms with Crippen molar-refractivity contribution >= 4 is 11.9 Å². The maximum Gasteiger partial charge on any atom is 0.305 e. The molecule has 0 aliphatic rings. The zero-order valence-electron chi connectivity index (χ0n) is 8.78. The van der Waals surface area contributed by atoms with Gasteiger partial charge < -0.3 is 15.1 Å². The molecule has 0 unspecified atom stereocenters. The van der Waals surface area contributed by atoms with Gasteiger partial charge in [0.15, 0.2) is 0 Å². The van der Waals surface area contributed by atoms with E-state index < -0.39 is 17.5 Å². The Morgan fingerprint density at radius 1 is 1.21 bits per heavy atom. The average Bonchev–Trinajstić information content (AvgIpc) is 1.97. The topological polar surface area (TPSA) is 77.8 Å². The van der Waals surface area contributed by atoms with Crippen LogP contribution in [-0.2, 0) is 9.59 Å². The van der Waals surface area contributed by atoms with Gasteiger partial charge in [-0.2, -0.15) is 0 Å². The van der Waals surface area contributed by atoms with Crippen LogP contribution >= 0.6 is 0 Å². The Hall–Kier alpha value is -1.10. The summed E-state index contributed by atoms with van der Waals surface area (Å²) >= 11 is 0. The van der Waals surface area contributed by atoms with Gasteiger partial charge >= 0.3 is 11.9 Å². The summed E-state index contributed by atoms with van der Waals surface area (Å²) in [4.78, 5) is 22.6. The molecule has 0 aromatic heterocycles. The normalized spacial score (nSPS) is 11.7. The monoisotopic (exact) mass is 203 g/mol. The largest absolute Gasteiger partial charge is 0.481 e. The van der Waals surface area contributed by atoms with Crippen LogP contribution in [0.2, 0.25) is 0 Å². The zero-order chi connectivity index (χ0) is 11.4. The van der Waals surface area contributed by atoms with E-state index >= 15 is 0 Å². The number of aliphatic carboxylic acids is 2. The van der Waals surface area contributed by atoms with Crippen molar-refractivity contribution in [2.75, 3.05) is 13.6 Å². The maximum absolute atomic E-state index is 10.5. The van der Waals surface area contributed by atoms with E-state index in [-0.39, 0.29) is 12.8 Å². The van der Waals surface area contributed by atoms with Crippen molar-refractivity contribution in [2.24, 2.45) is 0 Å². The summed E-state index contributed by atoms with van der Waals surface area (Å²) in [6, 6.07) is 0. The fourth-order valence-corrected chi connectivity index (χ4v) is 1.07. The third kappa shape index (κ3) is 4.81. The summed E-state index contributed by atoms with van der Waals surface area (Å²) < 4.78 is 0. The molecule has 0 amide bonds. The molecule has 0 atom stereocenters. The molecule has 14 heavy (non-hydrogen) atoms. The van der Waals surface area contributed by atoms with Gasteiger partial charge in [0, 0.05) is 12.1 Å². The molecule has 0 heterocycles. The molecule has 0 rings (SSSR count). The van der Waals surface area contributed by atoms with E-state index in [1.165, 1.54) is 0 Å². The molecule has 0 saturated heterocycles. The van der Waals surface area contributed by atoms with E-state index in [2.05, 4.69) is 0 Å². The second-order valence-corrected chi connectivity index (χ2v) is 3.95. The van der Waals surface area contributed by atoms with Gasteiger partial charge in [-0.05, 0) is 20.9 Å². The summed E-state index contributed by atoms with van der Waals surface area (Å²) in [5.74, 6) is -1.75. The average molecular weight is 203 g/mol. The van der Waals surface area contributed by atoms with Gasteiger partial charge in [0.1, 0.15) is 0 Å². The van der Waals surface area contributed by atoms with Gasteiger partial charge in [0.2, 0.25) is 0 Å². The fourth-order valence-electron chi connectivity index (χ4n) is 1.07. The lowest BCUT2D eigenvalue weighted by molar-refractivity contribution is -0.139. The minimum atomic E-state index is -0.878. The molecule has 0 aromatic carbocycles. The SMILES string of the molecule is CN(CCC(=O)O)C(C)(C)CC(=O)O. The third-order valence-electron chi connectivity index (χ3n) is 2.28. The molecule has 0 fully saturated rings. The Bertz CT molecular complexity index is 225. The predicted octanol–water partition coefficient (Wildman–Crippen LogP) is 0.646. The number of carboxylic acid groups (broad SMARTS) is 2. The van der Waals surface area contributed by atoms with Crippen molar-refractivity contribution in [2.45, 2.75) is 32.2 Å². The molecule has 2 N–H and O–H groups in total. The Labute approximate surface area is 83.3 Å². The van der Waals surface area contributed by atoms with E-state index in [9.17, 15) is 9.59 Å². The summed E-state index contributed by atoms with van der Waals surface area (Å²) in [5, 5.41) is 17.1. The Kier molecular flexibility index (Phi) is 4.56. The van der Waals surface area contributed by atoms with Crippen molar-refractivity contribution in [3.63, 3.8) is 0 Å². The highest BCUT2D eigenvalue weighted by Crippen LogP contribution is 2.16. The van der Waals surface area contributed by atoms with Crippen LogP contribution in [0.4, 0.5) is 0 Å². The van der Waals surface area contributed by atoms with E-state index in [1.54, 1.807) is 25.8 Å². The molecule has 0 saturated carbocycles. The Morgan fingerprint density at radius 3 is 2.07 bits per heavy atom. The number of carbonyl (C=O) groups is 2. The molecule has 0 aliphatic heterocycles. The lowest BCUT2D eigenvalue weighted by atomic mass is 9.98. The van der Waals surface area contributed by atoms with Crippen LogP contribution in [0.15, 0.2) is 0 Å². The van der Waals surface area contributed by atoms with Gasteiger partial charge in [-0.1, -0.05) is 0 Å². The van der Waals surface area contributed by atoms with Crippen LogP contribution in [-0.4, -0.2) is 46.2 Å². The van der Waals surface area contributed by atoms with Crippen LogP contribution < -0.4 is 0 Å². The highest BCUT2D eigenvalue weighted by Gasteiger charge is 2.26. The second kappa shape index (κ2) is 4.95. The third-order valence-corrected chi connectivity index (χ3v) is 2.28. The smallest absolute Gasteiger partial charge is 0.305 e. The quantitative estimate of drug-likeness (QED) is 0.662. The molecule has 5 heteroatoms. The van der Waals surface area contributed by atoms with Gasteiger partial charge in [-0.15, -0.1) is 0 Å². The highest BCUT2D eigenvalue weighted by atomic mass is 16.4. The lowest BCUT2D eigenvalue weighted by Gasteiger charge is -2.33. The van der Waals surface area contributed by atoms with Crippen LogP contribution in [0.3, 0.4) is 0 Å². The first-order valence-corrected chi connectivity index (χ1v) is 4.40. The van der Waals surface area contributed by atoms with Gasteiger partial charge in [0.25, 0.3) is 0 Å². The molecular weight excluding hydrogens is 186 g/mol. The minimum absolute atomic E-state index is 0.00309.